The van der Waals surface area contributed by atoms with Crippen LogP contribution in [0.1, 0.15) is 0 Å². The average molecular weight is 530 g/mol. The molecule has 3 aromatic carbocycles. The van der Waals surface area contributed by atoms with Gasteiger partial charge in [0.1, 0.15) is 6.54 Å². The summed E-state index contributed by atoms with van der Waals surface area (Å²) in [7, 11) is -3.95. The highest BCUT2D eigenvalue weighted by molar-refractivity contribution is 9.10. The third-order valence-corrected chi connectivity index (χ3v) is 7.52. The Morgan fingerprint density at radius 2 is 1.67 bits per heavy atom. The zero-order valence-electron chi connectivity index (χ0n) is 17.9. The second-order valence-electron chi connectivity index (χ2n) is 7.50. The fourth-order valence-corrected chi connectivity index (χ4v) is 5.40. The van der Waals surface area contributed by atoms with Crippen molar-refractivity contribution >= 4 is 48.9 Å². The van der Waals surface area contributed by atoms with Crippen LogP contribution in [0.3, 0.4) is 0 Å². The molecule has 1 amide bonds. The van der Waals surface area contributed by atoms with Gasteiger partial charge in [0, 0.05) is 28.9 Å². The minimum atomic E-state index is -3.95. The number of carbonyl (C=O) groups is 1. The third-order valence-electron chi connectivity index (χ3n) is 5.24. The molecule has 1 aliphatic heterocycles. The lowest BCUT2D eigenvalue weighted by Gasteiger charge is -2.29. The number of carbonyl (C=O) groups excluding carboxylic acids is 1. The molecule has 0 bridgehead atoms. The molecule has 3 aromatic rings. The number of sulfonamides is 1. The first kappa shape index (κ1) is 23.3. The molecule has 1 aliphatic rings. The van der Waals surface area contributed by atoms with Gasteiger partial charge in [-0.25, -0.2) is 8.42 Å². The number of nitrogens with zero attached hydrogens (tertiary/aromatic N) is 2. The molecule has 33 heavy (non-hydrogen) atoms. The summed E-state index contributed by atoms with van der Waals surface area (Å²) in [5.74, 6) is -0.436. The van der Waals surface area contributed by atoms with Crippen molar-refractivity contribution in [2.75, 3.05) is 47.4 Å². The molecule has 0 atom stereocenters. The first-order chi connectivity index (χ1) is 15.9. The van der Waals surface area contributed by atoms with E-state index in [1.165, 1.54) is 12.1 Å². The third kappa shape index (κ3) is 5.73. The number of ether oxygens (including phenoxy) is 1. The molecule has 1 saturated heterocycles. The highest BCUT2D eigenvalue weighted by Gasteiger charge is 2.27. The molecule has 1 heterocycles. The molecule has 1 N–H and O–H groups in total. The average Bonchev–Trinajstić information content (AvgIpc) is 2.84. The van der Waals surface area contributed by atoms with Crippen molar-refractivity contribution < 1.29 is 17.9 Å². The van der Waals surface area contributed by atoms with Crippen LogP contribution >= 0.6 is 15.9 Å². The van der Waals surface area contributed by atoms with E-state index in [0.29, 0.717) is 29.1 Å². The Kier molecular flexibility index (Phi) is 7.32. The van der Waals surface area contributed by atoms with Crippen LogP contribution in [0.2, 0.25) is 0 Å². The number of hydrogen-bond acceptors (Lipinski definition) is 5. The minimum absolute atomic E-state index is 0.118. The lowest BCUT2D eigenvalue weighted by Crippen LogP contribution is -2.38. The molecule has 4 rings (SSSR count). The van der Waals surface area contributed by atoms with Crippen LogP contribution < -0.4 is 14.5 Å². The van der Waals surface area contributed by atoms with Gasteiger partial charge in [-0.1, -0.05) is 40.2 Å². The van der Waals surface area contributed by atoms with Crippen LogP contribution in [0.4, 0.5) is 17.1 Å². The highest BCUT2D eigenvalue weighted by Crippen LogP contribution is 2.26. The molecule has 0 aliphatic carbocycles. The number of anilines is 3. The monoisotopic (exact) mass is 529 g/mol. The summed E-state index contributed by atoms with van der Waals surface area (Å²) in [6.07, 6.45) is 0. The molecule has 0 unspecified atom stereocenters. The van der Waals surface area contributed by atoms with Gasteiger partial charge in [-0.05, 0) is 54.6 Å². The molecule has 0 aromatic heterocycles. The van der Waals surface area contributed by atoms with Gasteiger partial charge in [0.15, 0.2) is 0 Å². The summed E-state index contributed by atoms with van der Waals surface area (Å²) in [6, 6.07) is 22.5. The first-order valence-corrected chi connectivity index (χ1v) is 12.7. The Morgan fingerprint density at radius 1 is 0.970 bits per heavy atom. The smallest absolute Gasteiger partial charge is 0.264 e. The van der Waals surface area contributed by atoms with Gasteiger partial charge in [0.25, 0.3) is 10.0 Å². The Hall–Kier alpha value is -2.88. The Bertz CT molecular complexity index is 1200. The largest absolute Gasteiger partial charge is 0.378 e. The van der Waals surface area contributed by atoms with Crippen molar-refractivity contribution in [3.05, 3.63) is 83.3 Å². The maximum atomic E-state index is 13.4. The van der Waals surface area contributed by atoms with Gasteiger partial charge in [-0.15, -0.1) is 0 Å². The first-order valence-electron chi connectivity index (χ1n) is 10.5. The maximum absolute atomic E-state index is 13.4. The van der Waals surface area contributed by atoms with E-state index >= 15 is 0 Å². The molecular formula is C24H24BrN3O4S. The summed E-state index contributed by atoms with van der Waals surface area (Å²) in [4.78, 5) is 15.2. The standard InChI is InChI=1S/C24H24BrN3O4S/c25-19-5-4-6-22(17-19)28(33(30,31)23-7-2-1-3-8-23)18-24(29)26-20-9-11-21(12-10-20)27-13-15-32-16-14-27/h1-12,17H,13-16,18H2,(H,26,29). The number of halogens is 1. The minimum Gasteiger partial charge on any atom is -0.378 e. The van der Waals surface area contributed by atoms with Gasteiger partial charge < -0.3 is 15.0 Å². The van der Waals surface area contributed by atoms with E-state index in [1.807, 2.05) is 24.3 Å². The number of hydrogen-bond donors (Lipinski definition) is 1. The molecule has 0 radical (unpaired) electrons. The lowest BCUT2D eigenvalue weighted by molar-refractivity contribution is -0.114. The van der Waals surface area contributed by atoms with Gasteiger partial charge >= 0.3 is 0 Å². The Labute approximate surface area is 202 Å². The summed E-state index contributed by atoms with van der Waals surface area (Å²) in [5, 5.41) is 2.81. The van der Waals surface area contributed by atoms with Gasteiger partial charge in [0.05, 0.1) is 23.8 Å². The van der Waals surface area contributed by atoms with E-state index < -0.39 is 15.9 Å². The normalized spacial score (nSPS) is 14.0. The van der Waals surface area contributed by atoms with E-state index in [2.05, 4.69) is 26.1 Å². The van der Waals surface area contributed by atoms with Crippen molar-refractivity contribution in [2.24, 2.45) is 0 Å². The predicted molar refractivity (Wildman–Crippen MR) is 133 cm³/mol. The van der Waals surface area contributed by atoms with E-state index in [4.69, 9.17) is 4.74 Å². The van der Waals surface area contributed by atoms with Crippen LogP contribution in [-0.2, 0) is 19.6 Å². The van der Waals surface area contributed by atoms with Crippen molar-refractivity contribution in [1.82, 2.24) is 0 Å². The lowest BCUT2D eigenvalue weighted by atomic mass is 10.2. The second-order valence-corrected chi connectivity index (χ2v) is 10.3. The summed E-state index contributed by atoms with van der Waals surface area (Å²) in [5.41, 5.74) is 2.05. The van der Waals surface area contributed by atoms with Crippen LogP contribution in [0.5, 0.6) is 0 Å². The van der Waals surface area contributed by atoms with E-state index in [0.717, 1.165) is 23.1 Å². The molecule has 0 spiro atoms. The number of amides is 1. The van der Waals surface area contributed by atoms with Gasteiger partial charge in [-0.2, -0.15) is 0 Å². The van der Waals surface area contributed by atoms with Crippen molar-refractivity contribution in [3.8, 4) is 0 Å². The van der Waals surface area contributed by atoms with Crippen molar-refractivity contribution in [1.29, 1.82) is 0 Å². The quantitative estimate of drug-likeness (QED) is 0.498. The molecule has 9 heteroatoms. The summed E-state index contributed by atoms with van der Waals surface area (Å²) >= 11 is 3.38. The fraction of sp³-hybridized carbons (Fsp3) is 0.208. The van der Waals surface area contributed by atoms with Crippen molar-refractivity contribution in [2.45, 2.75) is 4.90 Å². The van der Waals surface area contributed by atoms with Gasteiger partial charge in [0.2, 0.25) is 5.91 Å². The van der Waals surface area contributed by atoms with E-state index in [-0.39, 0.29) is 11.4 Å². The maximum Gasteiger partial charge on any atom is 0.264 e. The molecule has 1 fully saturated rings. The number of rotatable bonds is 7. The van der Waals surface area contributed by atoms with Crippen LogP contribution in [0.25, 0.3) is 0 Å². The number of benzene rings is 3. The molecule has 7 nitrogen and oxygen atoms in total. The Balaban J connectivity index is 1.53. The summed E-state index contributed by atoms with van der Waals surface area (Å²) in [6.45, 7) is 2.67. The second kappa shape index (κ2) is 10.4. The predicted octanol–water partition coefficient (Wildman–Crippen LogP) is 4.12. The summed E-state index contributed by atoms with van der Waals surface area (Å²) < 4.78 is 33.9. The zero-order valence-corrected chi connectivity index (χ0v) is 20.3. The van der Waals surface area contributed by atoms with E-state index in [1.54, 1.807) is 42.5 Å². The fourth-order valence-electron chi connectivity index (χ4n) is 3.57. The molecule has 172 valence electrons. The number of morpholine rings is 1. The van der Waals surface area contributed by atoms with Crippen molar-refractivity contribution in [3.63, 3.8) is 0 Å². The molecule has 0 saturated carbocycles. The van der Waals surface area contributed by atoms with E-state index in [9.17, 15) is 13.2 Å². The van der Waals surface area contributed by atoms with Gasteiger partial charge in [-0.3, -0.25) is 9.10 Å². The topological polar surface area (TPSA) is 79.0 Å². The van der Waals surface area contributed by atoms with Crippen LogP contribution in [0.15, 0.2) is 88.2 Å². The SMILES string of the molecule is O=C(CN(c1cccc(Br)c1)S(=O)(=O)c1ccccc1)Nc1ccc(N2CCOCC2)cc1. The van der Waals surface area contributed by atoms with Crippen LogP contribution in [0, 0.1) is 0 Å². The van der Waals surface area contributed by atoms with Crippen LogP contribution in [-0.4, -0.2) is 47.2 Å². The highest BCUT2D eigenvalue weighted by atomic mass is 79.9. The number of nitrogens with one attached hydrogen (secondary N) is 1. The molecular weight excluding hydrogens is 506 g/mol. The zero-order chi connectivity index (χ0) is 23.3. The Morgan fingerprint density at radius 3 is 2.33 bits per heavy atom.